The van der Waals surface area contributed by atoms with Gasteiger partial charge in [0.05, 0.1) is 0 Å². The minimum absolute atomic E-state index is 0.0661. The van der Waals surface area contributed by atoms with E-state index in [9.17, 15) is 4.79 Å². The van der Waals surface area contributed by atoms with Crippen LogP contribution in [0.5, 0.6) is 0 Å². The van der Waals surface area contributed by atoms with Crippen molar-refractivity contribution in [1.82, 2.24) is 5.32 Å². The van der Waals surface area contributed by atoms with Crippen LogP contribution in [0.1, 0.15) is 33.5 Å². The van der Waals surface area contributed by atoms with E-state index < -0.39 is 0 Å². The highest BCUT2D eigenvalue weighted by molar-refractivity contribution is 9.10. The van der Waals surface area contributed by atoms with Gasteiger partial charge in [-0.25, -0.2) is 0 Å². The number of allylic oxidation sites excluding steroid dienone is 4. The maximum Gasteiger partial charge on any atom is 0.170 e. The van der Waals surface area contributed by atoms with Gasteiger partial charge in [-0.3, -0.25) is 4.79 Å². The number of hydrogen-bond donors (Lipinski definition) is 1. The Morgan fingerprint density at radius 2 is 1.69 bits per heavy atom. The molecule has 0 radical (unpaired) electrons. The van der Waals surface area contributed by atoms with Gasteiger partial charge in [-0.1, -0.05) is 82.7 Å². The van der Waals surface area contributed by atoms with Crippen molar-refractivity contribution in [2.45, 2.75) is 26.2 Å². The number of ketones is 1. The summed E-state index contributed by atoms with van der Waals surface area (Å²) in [7, 11) is 0. The van der Waals surface area contributed by atoms with Gasteiger partial charge in [0.25, 0.3) is 0 Å². The largest absolute Gasteiger partial charge is 0.368 e. The second-order valence-electron chi connectivity index (χ2n) is 9.09. The number of benzene rings is 3. The molecular formula is C32H28BrNO. The lowest BCUT2D eigenvalue weighted by atomic mass is 9.82. The highest BCUT2D eigenvalue weighted by atomic mass is 79.9. The van der Waals surface area contributed by atoms with E-state index in [2.05, 4.69) is 69.8 Å². The van der Waals surface area contributed by atoms with Gasteiger partial charge in [0.1, 0.15) is 0 Å². The average molecular weight is 522 g/mol. The average Bonchev–Trinajstić information content (AvgIpc) is 3.21. The standard InChI is InChI=1S/C26H21BrO.C6H7N/c1-16-6-11-23(25(27)14-16)26(28)19-8-7-18-10-12-21-20-5-3-2-4-17(20)9-13-22(21)24(18)15-19;1-2-4-6-7-5-3-1/h2-6,10-15,19H,7-9H2,1H3;1-7H. The third-order valence-corrected chi connectivity index (χ3v) is 7.40. The van der Waals surface area contributed by atoms with Gasteiger partial charge in [0.2, 0.25) is 0 Å². The summed E-state index contributed by atoms with van der Waals surface area (Å²) in [6.07, 6.45) is 18.9. The number of carbonyl (C=O) groups is 1. The number of Topliss-reactive ketones (excluding diaryl/α,β-unsaturated/α-hetero) is 1. The van der Waals surface area contributed by atoms with Crippen molar-refractivity contribution in [2.24, 2.45) is 5.92 Å². The Hall–Kier alpha value is -3.43. The number of hydrogen-bond acceptors (Lipinski definition) is 2. The number of aryl methyl sites for hydroxylation is 2. The molecule has 0 saturated carbocycles. The second kappa shape index (κ2) is 10.5. The van der Waals surface area contributed by atoms with Gasteiger partial charge in [-0.05, 0) is 88.7 Å². The molecule has 1 heterocycles. The molecule has 3 aromatic carbocycles. The molecule has 6 rings (SSSR count). The maximum absolute atomic E-state index is 13.2. The SMILES string of the molecule is C1=CC=CNC=C1.Cc1ccc(C(=O)C2C=c3c(ccc4c3=CCc3ccccc3-4)CC2)c(Br)c1. The Morgan fingerprint density at radius 1 is 0.886 bits per heavy atom. The lowest BCUT2D eigenvalue weighted by molar-refractivity contribution is 0.0946. The highest BCUT2D eigenvalue weighted by Crippen LogP contribution is 2.28. The molecule has 1 N–H and O–H groups in total. The monoisotopic (exact) mass is 521 g/mol. The third-order valence-electron chi connectivity index (χ3n) is 6.75. The van der Waals surface area contributed by atoms with Crippen LogP contribution in [0.3, 0.4) is 0 Å². The van der Waals surface area contributed by atoms with E-state index in [-0.39, 0.29) is 11.7 Å². The molecule has 35 heavy (non-hydrogen) atoms. The summed E-state index contributed by atoms with van der Waals surface area (Å²) in [5.74, 6) is 0.148. The zero-order valence-corrected chi connectivity index (χ0v) is 21.4. The van der Waals surface area contributed by atoms with E-state index in [1.54, 1.807) is 0 Å². The quantitative estimate of drug-likeness (QED) is 0.409. The first-order valence-electron chi connectivity index (χ1n) is 12.1. The van der Waals surface area contributed by atoms with Gasteiger partial charge in [-0.2, -0.15) is 0 Å². The Kier molecular flexibility index (Phi) is 6.96. The Balaban J connectivity index is 0.000000313. The second-order valence-corrected chi connectivity index (χ2v) is 9.95. The van der Waals surface area contributed by atoms with Crippen LogP contribution in [-0.4, -0.2) is 5.78 Å². The number of carbonyl (C=O) groups excluding carboxylic acids is 1. The summed E-state index contributed by atoms with van der Waals surface area (Å²) in [5.41, 5.74) is 7.30. The molecule has 2 nitrogen and oxygen atoms in total. The van der Waals surface area contributed by atoms with Crippen molar-refractivity contribution in [1.29, 1.82) is 0 Å². The summed E-state index contributed by atoms with van der Waals surface area (Å²) in [5, 5.41) is 5.49. The number of nitrogens with one attached hydrogen (secondary N) is 1. The van der Waals surface area contributed by atoms with Gasteiger partial charge in [0.15, 0.2) is 5.78 Å². The summed E-state index contributed by atoms with van der Waals surface area (Å²) in [6, 6.07) is 19.1. The van der Waals surface area contributed by atoms with Crippen LogP contribution in [0.15, 0.2) is 95.8 Å². The first-order chi connectivity index (χ1) is 17.1. The van der Waals surface area contributed by atoms with Crippen LogP contribution in [0.25, 0.3) is 23.3 Å². The summed E-state index contributed by atoms with van der Waals surface area (Å²) < 4.78 is 0.896. The van der Waals surface area contributed by atoms with E-state index >= 15 is 0 Å². The number of halogens is 1. The normalized spacial score (nSPS) is 16.7. The maximum atomic E-state index is 13.2. The first-order valence-corrected chi connectivity index (χ1v) is 12.9. The summed E-state index contributed by atoms with van der Waals surface area (Å²) in [4.78, 5) is 13.2. The highest BCUT2D eigenvalue weighted by Gasteiger charge is 2.24. The summed E-state index contributed by atoms with van der Waals surface area (Å²) in [6.45, 7) is 2.04. The molecule has 174 valence electrons. The number of fused-ring (bicyclic) bond motifs is 5. The van der Waals surface area contributed by atoms with Crippen LogP contribution >= 0.6 is 15.9 Å². The Morgan fingerprint density at radius 3 is 2.49 bits per heavy atom. The van der Waals surface area contributed by atoms with E-state index in [0.29, 0.717) is 0 Å². The molecule has 1 aliphatic heterocycles. The minimum Gasteiger partial charge on any atom is -0.368 e. The van der Waals surface area contributed by atoms with Crippen LogP contribution in [0.2, 0.25) is 0 Å². The molecule has 0 saturated heterocycles. The minimum atomic E-state index is -0.0661. The van der Waals surface area contributed by atoms with E-state index in [1.807, 2.05) is 61.8 Å². The predicted octanol–water partition coefficient (Wildman–Crippen LogP) is 6.16. The van der Waals surface area contributed by atoms with Gasteiger partial charge < -0.3 is 5.32 Å². The fraction of sp³-hybridized carbons (Fsp3) is 0.156. The van der Waals surface area contributed by atoms with Crippen molar-refractivity contribution >= 4 is 33.9 Å². The summed E-state index contributed by atoms with van der Waals surface area (Å²) >= 11 is 3.58. The predicted molar refractivity (Wildman–Crippen MR) is 149 cm³/mol. The van der Waals surface area contributed by atoms with Crippen LogP contribution in [0, 0.1) is 12.8 Å². The Bertz CT molecular complexity index is 1480. The fourth-order valence-corrected chi connectivity index (χ4v) is 5.64. The van der Waals surface area contributed by atoms with Gasteiger partial charge >= 0.3 is 0 Å². The molecule has 0 spiro atoms. The molecule has 3 heteroatoms. The molecule has 1 atom stereocenters. The molecule has 1 unspecified atom stereocenters. The van der Waals surface area contributed by atoms with Crippen molar-refractivity contribution < 1.29 is 4.79 Å². The molecule has 0 aromatic heterocycles. The molecular weight excluding hydrogens is 494 g/mol. The van der Waals surface area contributed by atoms with Crippen molar-refractivity contribution in [3.63, 3.8) is 0 Å². The topological polar surface area (TPSA) is 29.1 Å². The van der Waals surface area contributed by atoms with E-state index in [4.69, 9.17) is 0 Å². The fourth-order valence-electron chi connectivity index (χ4n) is 4.95. The first kappa shape index (κ1) is 23.3. The zero-order valence-electron chi connectivity index (χ0n) is 19.8. The van der Waals surface area contributed by atoms with Crippen LogP contribution in [0.4, 0.5) is 0 Å². The Labute approximate surface area is 215 Å². The van der Waals surface area contributed by atoms with E-state index in [1.165, 1.54) is 32.7 Å². The molecule has 0 amide bonds. The van der Waals surface area contributed by atoms with E-state index in [0.717, 1.165) is 34.9 Å². The smallest absolute Gasteiger partial charge is 0.170 e. The molecule has 3 aromatic rings. The van der Waals surface area contributed by atoms with Crippen molar-refractivity contribution in [2.75, 3.05) is 0 Å². The zero-order chi connectivity index (χ0) is 24.2. The lowest BCUT2D eigenvalue weighted by Gasteiger charge is -2.21. The lowest BCUT2D eigenvalue weighted by Crippen LogP contribution is -2.37. The molecule has 0 bridgehead atoms. The van der Waals surface area contributed by atoms with Gasteiger partial charge in [0, 0.05) is 28.4 Å². The molecule has 0 fully saturated rings. The van der Waals surface area contributed by atoms with Crippen molar-refractivity contribution in [3.8, 4) is 11.1 Å². The number of rotatable bonds is 2. The molecule has 3 aliphatic rings. The van der Waals surface area contributed by atoms with Crippen molar-refractivity contribution in [3.05, 3.63) is 128 Å². The van der Waals surface area contributed by atoms with Gasteiger partial charge in [-0.15, -0.1) is 0 Å². The van der Waals surface area contributed by atoms with Crippen LogP contribution < -0.4 is 15.8 Å². The van der Waals surface area contributed by atoms with Crippen LogP contribution in [-0.2, 0) is 12.8 Å². The third kappa shape index (κ3) is 5.01. The molecule has 2 aliphatic carbocycles.